The van der Waals surface area contributed by atoms with Gasteiger partial charge in [0.15, 0.2) is 0 Å². The van der Waals surface area contributed by atoms with Gasteiger partial charge in [0.1, 0.15) is 0 Å². The predicted molar refractivity (Wildman–Crippen MR) is 92.5 cm³/mol. The second kappa shape index (κ2) is 6.28. The summed E-state index contributed by atoms with van der Waals surface area (Å²) in [5.41, 5.74) is 0.969. The van der Waals surface area contributed by atoms with Crippen molar-refractivity contribution in [2.45, 2.75) is 30.9 Å². The van der Waals surface area contributed by atoms with E-state index in [4.69, 9.17) is 4.74 Å². The zero-order chi connectivity index (χ0) is 16.6. The molecule has 3 aliphatic rings. The zero-order valence-electron chi connectivity index (χ0n) is 13.9. The first-order chi connectivity index (χ1) is 11.6. The molecule has 1 aromatic rings. The number of anilines is 1. The highest BCUT2D eigenvalue weighted by atomic mass is 32.2. The Bertz CT molecular complexity index is 678. The Kier molecular flexibility index (Phi) is 4.26. The van der Waals surface area contributed by atoms with Crippen molar-refractivity contribution in [2.75, 3.05) is 44.3 Å². The summed E-state index contributed by atoms with van der Waals surface area (Å²) < 4.78 is 33.0. The lowest BCUT2D eigenvalue weighted by molar-refractivity contribution is 0.0350. The molecule has 2 aliphatic heterocycles. The average molecular weight is 351 g/mol. The van der Waals surface area contributed by atoms with Gasteiger partial charge in [0.05, 0.1) is 30.3 Å². The van der Waals surface area contributed by atoms with Gasteiger partial charge in [0.25, 0.3) is 0 Å². The topological polar surface area (TPSA) is 62.7 Å². The van der Waals surface area contributed by atoms with Crippen molar-refractivity contribution >= 4 is 15.7 Å². The first kappa shape index (κ1) is 16.3. The molecule has 7 heteroatoms. The van der Waals surface area contributed by atoms with Gasteiger partial charge in [0.2, 0.25) is 10.0 Å². The van der Waals surface area contributed by atoms with Crippen LogP contribution in [0.15, 0.2) is 24.5 Å². The van der Waals surface area contributed by atoms with E-state index in [0.29, 0.717) is 26.3 Å². The van der Waals surface area contributed by atoms with E-state index in [-0.39, 0.29) is 10.7 Å². The lowest BCUT2D eigenvalue weighted by Gasteiger charge is -2.43. The number of piperidine rings is 1. The van der Waals surface area contributed by atoms with Crippen LogP contribution in [0.25, 0.3) is 0 Å². The lowest BCUT2D eigenvalue weighted by atomic mass is 9.81. The number of hydrogen-bond acceptors (Lipinski definition) is 5. The highest BCUT2D eigenvalue weighted by Gasteiger charge is 2.46. The molecular weight excluding hydrogens is 326 g/mol. The van der Waals surface area contributed by atoms with Crippen molar-refractivity contribution in [3.8, 4) is 0 Å². The molecule has 1 aromatic heterocycles. The van der Waals surface area contributed by atoms with E-state index in [1.807, 2.05) is 12.3 Å². The summed E-state index contributed by atoms with van der Waals surface area (Å²) in [7, 11) is -3.11. The molecule has 1 aliphatic carbocycles. The molecule has 1 saturated carbocycles. The molecule has 0 amide bonds. The summed E-state index contributed by atoms with van der Waals surface area (Å²) in [5, 5.41) is -0.131. The van der Waals surface area contributed by atoms with E-state index in [0.717, 1.165) is 44.5 Å². The fraction of sp³-hybridized carbons (Fsp3) is 0.706. The van der Waals surface area contributed by atoms with Gasteiger partial charge in [-0.2, -0.15) is 0 Å². The Morgan fingerprint density at radius 3 is 2.88 bits per heavy atom. The molecule has 0 radical (unpaired) electrons. The normalized spacial score (nSPS) is 29.6. The molecule has 0 unspecified atom stereocenters. The van der Waals surface area contributed by atoms with Crippen LogP contribution >= 0.6 is 0 Å². The van der Waals surface area contributed by atoms with E-state index < -0.39 is 10.0 Å². The molecule has 1 atom stereocenters. The zero-order valence-corrected chi connectivity index (χ0v) is 14.7. The van der Waals surface area contributed by atoms with Crippen LogP contribution in [-0.4, -0.2) is 62.3 Å². The van der Waals surface area contributed by atoms with Gasteiger partial charge < -0.3 is 9.64 Å². The Hall–Kier alpha value is -1.18. The molecule has 4 rings (SSSR count). The second-order valence-corrected chi connectivity index (χ2v) is 9.58. The van der Waals surface area contributed by atoms with E-state index in [1.54, 1.807) is 10.5 Å². The summed E-state index contributed by atoms with van der Waals surface area (Å²) in [6, 6.07) is 4.01. The van der Waals surface area contributed by atoms with E-state index in [1.165, 1.54) is 0 Å². The van der Waals surface area contributed by atoms with Gasteiger partial charge in [0, 0.05) is 37.8 Å². The second-order valence-electron chi connectivity index (χ2n) is 7.37. The number of ether oxygens (including phenoxy) is 1. The summed E-state index contributed by atoms with van der Waals surface area (Å²) in [5.74, 6) is 0. The predicted octanol–water partition coefficient (Wildman–Crippen LogP) is 1.49. The molecule has 24 heavy (non-hydrogen) atoms. The van der Waals surface area contributed by atoms with E-state index >= 15 is 0 Å². The third-order valence-electron chi connectivity index (χ3n) is 5.38. The lowest BCUT2D eigenvalue weighted by Crippen LogP contribution is -2.52. The molecule has 6 nitrogen and oxygen atoms in total. The molecule has 3 fully saturated rings. The summed E-state index contributed by atoms with van der Waals surface area (Å²) >= 11 is 0. The largest absolute Gasteiger partial charge is 0.379 e. The molecule has 3 heterocycles. The Morgan fingerprint density at radius 2 is 2.12 bits per heavy atom. The van der Waals surface area contributed by atoms with Gasteiger partial charge >= 0.3 is 0 Å². The van der Waals surface area contributed by atoms with Gasteiger partial charge in [-0.25, -0.2) is 12.7 Å². The summed E-state index contributed by atoms with van der Waals surface area (Å²) in [6.45, 7) is 4.21. The fourth-order valence-electron chi connectivity index (χ4n) is 3.96. The highest BCUT2D eigenvalue weighted by Crippen LogP contribution is 2.39. The van der Waals surface area contributed by atoms with Crippen LogP contribution in [0, 0.1) is 5.41 Å². The average Bonchev–Trinajstić information content (AvgIpc) is 3.44. The van der Waals surface area contributed by atoms with Crippen LogP contribution in [-0.2, 0) is 14.8 Å². The number of nitrogens with zero attached hydrogens (tertiary/aromatic N) is 3. The van der Waals surface area contributed by atoms with Crippen LogP contribution < -0.4 is 4.90 Å². The SMILES string of the molecule is O=S(=O)(C1CC1)N1CCC[C@@]2(COCCN(c3cccnc3)C2)C1. The maximum atomic E-state index is 12.7. The van der Waals surface area contributed by atoms with Crippen molar-refractivity contribution < 1.29 is 13.2 Å². The number of hydrogen-bond donors (Lipinski definition) is 0. The van der Waals surface area contributed by atoms with Crippen molar-refractivity contribution in [1.82, 2.24) is 9.29 Å². The molecular formula is C17H25N3O3S. The van der Waals surface area contributed by atoms with Crippen LogP contribution in [0.5, 0.6) is 0 Å². The number of aromatic nitrogens is 1. The van der Waals surface area contributed by atoms with E-state index in [2.05, 4.69) is 16.0 Å². The minimum absolute atomic E-state index is 0.119. The molecule has 1 spiro atoms. The molecule has 0 N–H and O–H groups in total. The minimum atomic E-state index is -3.11. The van der Waals surface area contributed by atoms with Gasteiger partial charge in [-0.05, 0) is 37.8 Å². The van der Waals surface area contributed by atoms with Crippen molar-refractivity contribution in [3.63, 3.8) is 0 Å². The molecule has 132 valence electrons. The number of pyridine rings is 1. The first-order valence-corrected chi connectivity index (χ1v) is 10.3. The third kappa shape index (κ3) is 3.17. The van der Waals surface area contributed by atoms with Gasteiger partial charge in [-0.1, -0.05) is 0 Å². The van der Waals surface area contributed by atoms with Crippen molar-refractivity contribution in [3.05, 3.63) is 24.5 Å². The van der Waals surface area contributed by atoms with Crippen molar-refractivity contribution in [1.29, 1.82) is 0 Å². The molecule has 2 saturated heterocycles. The highest BCUT2D eigenvalue weighted by molar-refractivity contribution is 7.90. The van der Waals surface area contributed by atoms with Crippen LogP contribution in [0.3, 0.4) is 0 Å². The maximum Gasteiger partial charge on any atom is 0.217 e. The van der Waals surface area contributed by atoms with Crippen LogP contribution in [0.2, 0.25) is 0 Å². The monoisotopic (exact) mass is 351 g/mol. The Labute approximate surface area is 143 Å². The fourth-order valence-corrected chi connectivity index (χ4v) is 5.95. The van der Waals surface area contributed by atoms with Crippen LogP contribution in [0.1, 0.15) is 25.7 Å². The third-order valence-corrected chi connectivity index (χ3v) is 7.73. The summed E-state index contributed by atoms with van der Waals surface area (Å²) in [4.78, 5) is 6.52. The van der Waals surface area contributed by atoms with Crippen LogP contribution in [0.4, 0.5) is 5.69 Å². The Morgan fingerprint density at radius 1 is 1.25 bits per heavy atom. The molecule has 0 aromatic carbocycles. The maximum absolute atomic E-state index is 12.7. The van der Waals surface area contributed by atoms with Gasteiger partial charge in [-0.3, -0.25) is 4.98 Å². The van der Waals surface area contributed by atoms with Crippen molar-refractivity contribution in [2.24, 2.45) is 5.41 Å². The van der Waals surface area contributed by atoms with Gasteiger partial charge in [-0.15, -0.1) is 0 Å². The first-order valence-electron chi connectivity index (χ1n) is 8.81. The standard InChI is InChI=1S/C17H25N3O3S/c21-24(22,16-4-5-16)20-8-2-6-17(13-20)12-19(9-10-23-14-17)15-3-1-7-18-11-15/h1,3,7,11,16H,2,4-6,8-10,12-14H2/t17-/m0/s1. The Balaban J connectivity index is 1.56. The van der Waals surface area contributed by atoms with E-state index in [9.17, 15) is 8.42 Å². The number of sulfonamides is 1. The quantitative estimate of drug-likeness (QED) is 0.826. The minimum Gasteiger partial charge on any atom is -0.379 e. The smallest absolute Gasteiger partial charge is 0.217 e. The molecule has 0 bridgehead atoms. The number of rotatable bonds is 3. The summed E-state index contributed by atoms with van der Waals surface area (Å²) in [6.07, 6.45) is 7.23.